The summed E-state index contributed by atoms with van der Waals surface area (Å²) in [5, 5.41) is 3.20. The lowest BCUT2D eigenvalue weighted by Crippen LogP contribution is -2.57. The highest BCUT2D eigenvalue weighted by Crippen LogP contribution is 2.25. The molecule has 4 rings (SSSR count). The van der Waals surface area contributed by atoms with Crippen molar-refractivity contribution >= 4 is 17.5 Å². The molecule has 0 spiro atoms. The van der Waals surface area contributed by atoms with Crippen molar-refractivity contribution in [3.63, 3.8) is 0 Å². The molecule has 3 saturated heterocycles. The van der Waals surface area contributed by atoms with Crippen LogP contribution in [-0.2, 0) is 14.3 Å². The summed E-state index contributed by atoms with van der Waals surface area (Å²) in [6, 6.07) is 9.78. The highest BCUT2D eigenvalue weighted by Gasteiger charge is 2.39. The summed E-state index contributed by atoms with van der Waals surface area (Å²) in [6.45, 7) is 5.54. The van der Waals surface area contributed by atoms with E-state index >= 15 is 0 Å². The van der Waals surface area contributed by atoms with E-state index in [2.05, 4.69) is 10.2 Å². The van der Waals surface area contributed by atoms with E-state index in [0.717, 1.165) is 38.3 Å². The van der Waals surface area contributed by atoms with Gasteiger partial charge in [0.25, 0.3) is 5.91 Å². The van der Waals surface area contributed by atoms with Crippen LogP contribution in [0.25, 0.3) is 0 Å². The van der Waals surface area contributed by atoms with Crippen molar-refractivity contribution in [2.24, 2.45) is 0 Å². The van der Waals surface area contributed by atoms with Crippen LogP contribution in [0, 0.1) is 0 Å². The number of hydrogen-bond donors (Lipinski definition) is 1. The van der Waals surface area contributed by atoms with Crippen LogP contribution in [0.5, 0.6) is 0 Å². The Morgan fingerprint density at radius 3 is 2.54 bits per heavy atom. The van der Waals surface area contributed by atoms with Gasteiger partial charge in [0.15, 0.2) is 0 Å². The normalized spacial score (nSPS) is 27.8. The second-order valence-corrected chi connectivity index (χ2v) is 7.05. The zero-order chi connectivity index (χ0) is 17.9. The van der Waals surface area contributed by atoms with E-state index < -0.39 is 0 Å². The van der Waals surface area contributed by atoms with Gasteiger partial charge >= 0.3 is 0 Å². The van der Waals surface area contributed by atoms with Crippen molar-refractivity contribution in [2.75, 3.05) is 57.3 Å². The molecule has 3 aliphatic heterocycles. The number of piperazine rings is 1. The maximum atomic E-state index is 12.8. The molecule has 0 aliphatic carbocycles. The molecule has 0 aromatic heterocycles. The summed E-state index contributed by atoms with van der Waals surface area (Å²) in [6.07, 6.45) is 0.481. The quantitative estimate of drug-likeness (QED) is 0.819. The van der Waals surface area contributed by atoms with Crippen LogP contribution in [0.15, 0.2) is 30.3 Å². The minimum Gasteiger partial charge on any atom is -0.366 e. The molecule has 1 N–H and O–H groups in total. The molecule has 3 heterocycles. The number of amides is 2. The molecular weight excluding hydrogens is 332 g/mol. The van der Waals surface area contributed by atoms with Gasteiger partial charge in [0.2, 0.25) is 5.91 Å². The standard InChI is InChI=1S/C19H26N4O3/c24-18-16(6-8-23(18)15-4-2-1-3-5-15)21-9-11-22(12-10-21)19(25)17-14-20-7-13-26-17/h1-5,16-17,20H,6-14H2. The van der Waals surface area contributed by atoms with E-state index in [4.69, 9.17) is 4.74 Å². The lowest BCUT2D eigenvalue weighted by atomic mass is 10.1. The van der Waals surface area contributed by atoms with E-state index in [9.17, 15) is 9.59 Å². The van der Waals surface area contributed by atoms with Gasteiger partial charge in [-0.15, -0.1) is 0 Å². The average molecular weight is 358 g/mol. The maximum Gasteiger partial charge on any atom is 0.253 e. The molecule has 26 heavy (non-hydrogen) atoms. The number of morpholine rings is 1. The molecule has 3 aliphatic rings. The van der Waals surface area contributed by atoms with Crippen LogP contribution in [0.4, 0.5) is 5.69 Å². The summed E-state index contributed by atoms with van der Waals surface area (Å²) in [4.78, 5) is 31.4. The Labute approximate surface area is 153 Å². The molecule has 0 bridgehead atoms. The minimum absolute atomic E-state index is 0.0694. The third kappa shape index (κ3) is 3.47. The lowest BCUT2D eigenvalue weighted by Gasteiger charge is -2.39. The minimum atomic E-state index is -0.364. The number of benzene rings is 1. The summed E-state index contributed by atoms with van der Waals surface area (Å²) >= 11 is 0. The zero-order valence-corrected chi connectivity index (χ0v) is 15.0. The second kappa shape index (κ2) is 7.73. The first-order chi connectivity index (χ1) is 12.7. The molecule has 3 fully saturated rings. The summed E-state index contributed by atoms with van der Waals surface area (Å²) in [5.41, 5.74) is 0.968. The number of para-hydroxylation sites is 1. The molecular formula is C19H26N4O3. The molecule has 7 heteroatoms. The van der Waals surface area contributed by atoms with E-state index in [-0.39, 0.29) is 24.0 Å². The highest BCUT2D eigenvalue weighted by molar-refractivity contribution is 5.99. The highest BCUT2D eigenvalue weighted by atomic mass is 16.5. The molecule has 2 unspecified atom stereocenters. The SMILES string of the molecule is O=C(C1CNCCO1)N1CCN(C2CCN(c3ccccc3)C2=O)CC1. The van der Waals surface area contributed by atoms with Crippen molar-refractivity contribution in [3.05, 3.63) is 30.3 Å². The smallest absolute Gasteiger partial charge is 0.253 e. The third-order valence-electron chi connectivity index (χ3n) is 5.51. The largest absolute Gasteiger partial charge is 0.366 e. The van der Waals surface area contributed by atoms with Gasteiger partial charge in [0.05, 0.1) is 12.6 Å². The van der Waals surface area contributed by atoms with Gasteiger partial charge in [-0.3, -0.25) is 14.5 Å². The van der Waals surface area contributed by atoms with E-state index in [1.54, 1.807) is 0 Å². The van der Waals surface area contributed by atoms with Crippen molar-refractivity contribution in [1.29, 1.82) is 0 Å². The van der Waals surface area contributed by atoms with E-state index in [1.807, 2.05) is 40.1 Å². The Kier molecular flexibility index (Phi) is 5.19. The number of anilines is 1. The van der Waals surface area contributed by atoms with Crippen LogP contribution in [-0.4, -0.2) is 86.2 Å². The number of carbonyl (C=O) groups is 2. The predicted octanol–water partition coefficient (Wildman–Crippen LogP) is -0.0755. The van der Waals surface area contributed by atoms with Gasteiger partial charge in [0.1, 0.15) is 6.10 Å². The molecule has 2 amide bonds. The predicted molar refractivity (Wildman–Crippen MR) is 98.0 cm³/mol. The molecule has 0 radical (unpaired) electrons. The zero-order valence-electron chi connectivity index (χ0n) is 15.0. The first-order valence-electron chi connectivity index (χ1n) is 9.45. The molecule has 7 nitrogen and oxygen atoms in total. The fraction of sp³-hybridized carbons (Fsp3) is 0.579. The van der Waals surface area contributed by atoms with Gasteiger partial charge in [-0.2, -0.15) is 0 Å². The lowest BCUT2D eigenvalue weighted by molar-refractivity contribution is -0.147. The first kappa shape index (κ1) is 17.5. The Morgan fingerprint density at radius 2 is 1.85 bits per heavy atom. The maximum absolute atomic E-state index is 12.8. The van der Waals surface area contributed by atoms with E-state index in [0.29, 0.717) is 26.2 Å². The van der Waals surface area contributed by atoms with Crippen LogP contribution in [0.2, 0.25) is 0 Å². The monoisotopic (exact) mass is 358 g/mol. The average Bonchev–Trinajstić information content (AvgIpc) is 3.10. The Morgan fingerprint density at radius 1 is 1.08 bits per heavy atom. The van der Waals surface area contributed by atoms with Crippen molar-refractivity contribution in [1.82, 2.24) is 15.1 Å². The van der Waals surface area contributed by atoms with Crippen LogP contribution >= 0.6 is 0 Å². The van der Waals surface area contributed by atoms with Crippen LogP contribution in [0.1, 0.15) is 6.42 Å². The molecule has 0 saturated carbocycles. The summed E-state index contributed by atoms with van der Waals surface area (Å²) < 4.78 is 5.57. The van der Waals surface area contributed by atoms with Gasteiger partial charge in [-0.1, -0.05) is 18.2 Å². The van der Waals surface area contributed by atoms with Gasteiger partial charge in [-0.25, -0.2) is 0 Å². The first-order valence-corrected chi connectivity index (χ1v) is 9.45. The van der Waals surface area contributed by atoms with Gasteiger partial charge in [-0.05, 0) is 18.6 Å². The second-order valence-electron chi connectivity index (χ2n) is 7.05. The fourth-order valence-corrected chi connectivity index (χ4v) is 4.05. The Hall–Kier alpha value is -1.96. The molecule has 1 aromatic rings. The topological polar surface area (TPSA) is 65.1 Å². The number of nitrogens with zero attached hydrogens (tertiary/aromatic N) is 3. The van der Waals surface area contributed by atoms with Gasteiger partial charge in [0, 0.05) is 51.5 Å². The van der Waals surface area contributed by atoms with Crippen LogP contribution in [0.3, 0.4) is 0 Å². The van der Waals surface area contributed by atoms with Crippen LogP contribution < -0.4 is 10.2 Å². The summed E-state index contributed by atoms with van der Waals surface area (Å²) in [5.74, 6) is 0.247. The van der Waals surface area contributed by atoms with E-state index in [1.165, 1.54) is 0 Å². The molecule has 140 valence electrons. The number of carbonyl (C=O) groups excluding carboxylic acids is 2. The number of nitrogens with one attached hydrogen (secondary N) is 1. The Balaban J connectivity index is 1.32. The van der Waals surface area contributed by atoms with Crippen molar-refractivity contribution in [3.8, 4) is 0 Å². The van der Waals surface area contributed by atoms with Gasteiger partial charge < -0.3 is 19.9 Å². The molecule has 1 aromatic carbocycles. The Bertz CT molecular complexity index is 639. The number of ether oxygens (including phenoxy) is 1. The third-order valence-corrected chi connectivity index (χ3v) is 5.51. The fourth-order valence-electron chi connectivity index (χ4n) is 4.05. The number of hydrogen-bond acceptors (Lipinski definition) is 5. The summed E-state index contributed by atoms with van der Waals surface area (Å²) in [7, 11) is 0. The van der Waals surface area contributed by atoms with Crippen molar-refractivity contribution in [2.45, 2.75) is 18.6 Å². The molecule has 2 atom stereocenters. The number of rotatable bonds is 3. The van der Waals surface area contributed by atoms with Crippen molar-refractivity contribution < 1.29 is 14.3 Å².